The van der Waals surface area contributed by atoms with Crippen LogP contribution in [0.15, 0.2) is 488 Å². The Kier molecular flexibility index (Phi) is 26.0. The van der Waals surface area contributed by atoms with Gasteiger partial charge in [0.15, 0.2) is 5.82 Å². The SMILES string of the molecule is c1ccc(-c2cc(-c3cccnc3)nc(-c3cc(-c4cc(-c5ccccc5)cc(-c5cccnc5)n4)nc(-c4cc(-c5ccccc5)cc(-c5cccnc5)n4)n3)c2)cc1.c1ccc(-c2cncc(-c3cc(-c4cncc(-c5ccccn5)c4)nc(-c4cncc(-c5ccccn5)c4)c3)c2)nc1.c1cncc(-c2cccc(-c3cc(-c4cccc(-c5cccnc5)n4)nc(-c4cccc(-c5cccnc5)n4)c3)n2)c1. The van der Waals surface area contributed by atoms with Crippen molar-refractivity contribution in [1.82, 2.24) is 110 Å². The van der Waals surface area contributed by atoms with Gasteiger partial charge in [0.05, 0.1) is 114 Å². The normalized spacial score (nSPS) is 10.9. The van der Waals surface area contributed by atoms with E-state index in [-0.39, 0.29) is 0 Å². The Balaban J connectivity index is 0.000000126. The number of hydrogen-bond acceptors (Lipinski definition) is 22. The number of pyridine rings is 20. The minimum atomic E-state index is 0.426. The van der Waals surface area contributed by atoms with E-state index in [1.54, 1.807) is 55.8 Å². The number of benzene rings is 3. The fourth-order valence-corrected chi connectivity index (χ4v) is 16.7. The van der Waals surface area contributed by atoms with Gasteiger partial charge >= 0.3 is 0 Å². The van der Waals surface area contributed by atoms with Crippen LogP contribution in [0.1, 0.15) is 0 Å². The lowest BCUT2D eigenvalue weighted by Gasteiger charge is -2.14. The molecule has 24 rings (SSSR count). The summed E-state index contributed by atoms with van der Waals surface area (Å²) in [4.78, 5) is 104. The number of rotatable bonds is 21. The van der Waals surface area contributed by atoms with Gasteiger partial charge in [0.25, 0.3) is 0 Å². The molecule has 0 radical (unpaired) electrons. The molecular weight excluding hydrogens is 1770 g/mol. The van der Waals surface area contributed by atoms with E-state index in [2.05, 4.69) is 157 Å². The van der Waals surface area contributed by atoms with Crippen molar-refractivity contribution in [2.45, 2.75) is 0 Å². The van der Waals surface area contributed by atoms with Gasteiger partial charge in [-0.05, 0) is 269 Å². The predicted octanol–water partition coefficient (Wildman–Crippen LogP) is 26.8. The van der Waals surface area contributed by atoms with Gasteiger partial charge in [-0.15, -0.1) is 0 Å². The molecule has 0 atom stereocenters. The van der Waals surface area contributed by atoms with Gasteiger partial charge < -0.3 is 0 Å². The molecule has 22 heteroatoms. The van der Waals surface area contributed by atoms with Crippen LogP contribution < -0.4 is 0 Å². The van der Waals surface area contributed by atoms with Crippen molar-refractivity contribution in [3.8, 4) is 237 Å². The highest BCUT2D eigenvalue weighted by Crippen LogP contribution is 2.41. The van der Waals surface area contributed by atoms with Crippen molar-refractivity contribution in [1.29, 1.82) is 0 Å². The Hall–Kier alpha value is -20.3. The van der Waals surface area contributed by atoms with Gasteiger partial charge in [-0.3, -0.25) is 59.8 Å². The summed E-state index contributed by atoms with van der Waals surface area (Å²) in [6.45, 7) is 0. The van der Waals surface area contributed by atoms with Gasteiger partial charge in [0.2, 0.25) is 0 Å². The summed E-state index contributed by atoms with van der Waals surface area (Å²) in [6.07, 6.45) is 37.8. The smallest absolute Gasteiger partial charge is 0.179 e. The molecular formula is C122H80N22. The average Bonchev–Trinajstić information content (AvgIpc) is 0.771. The first-order valence-corrected chi connectivity index (χ1v) is 46.4. The Labute approximate surface area is 829 Å². The van der Waals surface area contributed by atoms with Crippen molar-refractivity contribution in [3.63, 3.8) is 0 Å². The molecule has 22 nitrogen and oxygen atoms in total. The molecule has 0 fully saturated rings. The van der Waals surface area contributed by atoms with E-state index >= 15 is 0 Å². The molecule has 0 saturated heterocycles. The van der Waals surface area contributed by atoms with Gasteiger partial charge in [0.1, 0.15) is 5.69 Å². The van der Waals surface area contributed by atoms with Crippen LogP contribution in [0.3, 0.4) is 0 Å². The number of aromatic nitrogens is 22. The Morgan fingerprint density at radius 2 is 0.312 bits per heavy atom. The lowest BCUT2D eigenvalue weighted by atomic mass is 9.99. The molecule has 21 aromatic heterocycles. The third-order valence-electron chi connectivity index (χ3n) is 23.8. The van der Waals surface area contributed by atoms with Gasteiger partial charge in [-0.25, -0.2) is 49.8 Å². The molecule has 0 amide bonds. The van der Waals surface area contributed by atoms with Crippen LogP contribution in [0.5, 0.6) is 0 Å². The quantitative estimate of drug-likeness (QED) is 0.0646. The summed E-state index contributed by atoms with van der Waals surface area (Å²) in [7, 11) is 0. The molecule has 0 aliphatic rings. The van der Waals surface area contributed by atoms with Gasteiger partial charge in [0, 0.05) is 202 Å². The molecule has 144 heavy (non-hydrogen) atoms. The van der Waals surface area contributed by atoms with E-state index in [1.807, 2.05) is 335 Å². The second-order valence-electron chi connectivity index (χ2n) is 33.4. The van der Waals surface area contributed by atoms with Crippen LogP contribution in [-0.2, 0) is 0 Å². The Bertz CT molecular complexity index is 7290. The molecule has 0 N–H and O–H groups in total. The monoisotopic (exact) mass is 1850 g/mol. The maximum absolute atomic E-state index is 5.29. The molecule has 0 saturated carbocycles. The summed E-state index contributed by atoms with van der Waals surface area (Å²) in [5, 5.41) is 0. The lowest BCUT2D eigenvalue weighted by Crippen LogP contribution is -2.02. The highest BCUT2D eigenvalue weighted by atomic mass is 15.0. The van der Waals surface area contributed by atoms with E-state index in [4.69, 9.17) is 49.8 Å². The van der Waals surface area contributed by atoms with Crippen molar-refractivity contribution in [2.75, 3.05) is 0 Å². The van der Waals surface area contributed by atoms with Crippen molar-refractivity contribution in [3.05, 3.63) is 488 Å². The third kappa shape index (κ3) is 20.9. The second kappa shape index (κ2) is 42.2. The highest BCUT2D eigenvalue weighted by molar-refractivity contribution is 5.86. The fourth-order valence-electron chi connectivity index (χ4n) is 16.7. The standard InChI is InChI=1S/C52H34N8.2C35H23N7/c1-4-13-35(14-5-1)41-25-44(38-19-10-22-53-32-38)56-47(28-41)49-31-50(48-29-42(36-15-6-2-7-16-36)26-45(57-48)39-20-11-23-54-33-39)60-52(59-49)51-30-43(37-17-8-3-9-18-37)27-46(58-51)40-21-12-24-55-34-40;1-10-28(24-7-4-16-36-21-24)39-31(13-1)27-19-34(32-14-2-11-29(40-32)25-8-5-17-37-22-25)42-35(20-27)33-15-3-12-30(41-33)26-9-6-18-38-23-26;1-4-10-39-31(7-1)26-13-25(18-36-19-26)24-16-34(29-14-27(20-37-22-29)32-8-2-5-11-40-32)42-35(17-24)30-15-28(21-38-23-30)33-9-3-6-12-41-33/h1-34H;2*1-23H. The Morgan fingerprint density at radius 3 is 0.653 bits per heavy atom. The van der Waals surface area contributed by atoms with Gasteiger partial charge in [-0.1, -0.05) is 127 Å². The number of hydrogen-bond donors (Lipinski definition) is 0. The maximum Gasteiger partial charge on any atom is 0.179 e. The second-order valence-corrected chi connectivity index (χ2v) is 33.4. The van der Waals surface area contributed by atoms with Crippen molar-refractivity contribution < 1.29 is 0 Å². The van der Waals surface area contributed by atoms with Crippen LogP contribution in [0.2, 0.25) is 0 Å². The lowest BCUT2D eigenvalue weighted by molar-refractivity contribution is 1.12. The molecule has 0 bridgehead atoms. The first-order valence-electron chi connectivity index (χ1n) is 46.4. The zero-order chi connectivity index (χ0) is 96.4. The summed E-state index contributed by atoms with van der Waals surface area (Å²) >= 11 is 0. The van der Waals surface area contributed by atoms with Crippen LogP contribution >= 0.6 is 0 Å². The van der Waals surface area contributed by atoms with Crippen LogP contribution in [0, 0.1) is 0 Å². The Morgan fingerprint density at radius 1 is 0.0972 bits per heavy atom. The predicted molar refractivity (Wildman–Crippen MR) is 565 cm³/mol. The number of nitrogens with zero attached hydrogens (tertiary/aromatic N) is 22. The van der Waals surface area contributed by atoms with E-state index in [0.717, 1.165) is 202 Å². The minimum absolute atomic E-state index is 0.426. The topological polar surface area (TPSA) is 284 Å². The fraction of sp³-hybridized carbons (Fsp3) is 0. The molecule has 21 heterocycles. The minimum Gasteiger partial charge on any atom is -0.264 e. The molecule has 0 aliphatic heterocycles. The summed E-state index contributed by atoms with van der Waals surface area (Å²) in [5.41, 5.74) is 34.7. The highest BCUT2D eigenvalue weighted by Gasteiger charge is 2.23. The van der Waals surface area contributed by atoms with Crippen LogP contribution in [0.4, 0.5) is 0 Å². The summed E-state index contributed by atoms with van der Waals surface area (Å²) < 4.78 is 0. The molecule has 3 aromatic carbocycles. The van der Waals surface area contributed by atoms with Crippen molar-refractivity contribution in [2.24, 2.45) is 0 Å². The maximum atomic E-state index is 5.29. The third-order valence-corrected chi connectivity index (χ3v) is 23.8. The first kappa shape index (κ1) is 89.0. The molecule has 24 aromatic rings. The van der Waals surface area contributed by atoms with E-state index in [1.165, 1.54) is 0 Å². The van der Waals surface area contributed by atoms with Crippen LogP contribution in [0.25, 0.3) is 237 Å². The molecule has 678 valence electrons. The zero-order valence-corrected chi connectivity index (χ0v) is 77.0. The molecule has 0 aliphatic carbocycles. The van der Waals surface area contributed by atoms with Gasteiger partial charge in [-0.2, -0.15) is 0 Å². The van der Waals surface area contributed by atoms with Crippen LogP contribution in [-0.4, -0.2) is 110 Å². The average molecular weight is 1850 g/mol. The largest absolute Gasteiger partial charge is 0.264 e. The zero-order valence-electron chi connectivity index (χ0n) is 77.0. The van der Waals surface area contributed by atoms with E-state index in [9.17, 15) is 0 Å². The van der Waals surface area contributed by atoms with Crippen molar-refractivity contribution >= 4 is 0 Å². The molecule has 0 spiro atoms. The molecule has 0 unspecified atom stereocenters. The van der Waals surface area contributed by atoms with E-state index < -0.39 is 0 Å². The van der Waals surface area contributed by atoms with E-state index in [0.29, 0.717) is 34.3 Å². The summed E-state index contributed by atoms with van der Waals surface area (Å²) in [6, 6.07) is 119. The summed E-state index contributed by atoms with van der Waals surface area (Å²) in [5.74, 6) is 0.426. The first-order chi connectivity index (χ1) is 71.3.